The van der Waals surface area contributed by atoms with E-state index >= 15 is 0 Å². The summed E-state index contributed by atoms with van der Waals surface area (Å²) in [6, 6.07) is 7.86. The van der Waals surface area contributed by atoms with E-state index in [9.17, 15) is 19.7 Å². The van der Waals surface area contributed by atoms with Crippen LogP contribution >= 0.6 is 0 Å². The second-order valence-electron chi connectivity index (χ2n) is 6.21. The first-order valence-electron chi connectivity index (χ1n) is 8.47. The smallest absolute Gasteiger partial charge is 0.345 e. The monoisotopic (exact) mass is 386 g/mol. The van der Waals surface area contributed by atoms with Gasteiger partial charge in [-0.05, 0) is 31.0 Å². The van der Waals surface area contributed by atoms with E-state index in [1.807, 2.05) is 26.0 Å². The van der Waals surface area contributed by atoms with Crippen molar-refractivity contribution in [2.75, 3.05) is 25.1 Å². The molecule has 3 rings (SSSR count). The van der Waals surface area contributed by atoms with Crippen LogP contribution in [0.2, 0.25) is 0 Å². The van der Waals surface area contributed by atoms with E-state index in [1.54, 1.807) is 6.07 Å². The Morgan fingerprint density at radius 2 is 1.82 bits per heavy atom. The van der Waals surface area contributed by atoms with Gasteiger partial charge in [-0.25, -0.2) is 4.79 Å². The molecule has 0 fully saturated rings. The van der Waals surface area contributed by atoms with Gasteiger partial charge in [-0.15, -0.1) is 0 Å². The zero-order valence-electron chi connectivity index (χ0n) is 15.3. The Kier molecular flexibility index (Phi) is 5.44. The Hall–Kier alpha value is -3.62. The topological polar surface area (TPSA) is 117 Å². The van der Waals surface area contributed by atoms with Crippen LogP contribution in [0.25, 0.3) is 0 Å². The van der Waals surface area contributed by atoms with Crippen molar-refractivity contribution in [3.05, 3.63) is 57.1 Å². The van der Waals surface area contributed by atoms with Crippen molar-refractivity contribution in [1.82, 2.24) is 0 Å². The number of nitro groups is 1. The average molecular weight is 386 g/mol. The fourth-order valence-corrected chi connectivity index (χ4v) is 2.66. The lowest BCUT2D eigenvalue weighted by atomic mass is 10.1. The number of hydrogen-bond acceptors (Lipinski definition) is 7. The van der Waals surface area contributed by atoms with E-state index in [0.717, 1.165) is 17.2 Å². The number of fused-ring (bicyclic) bond motifs is 1. The lowest BCUT2D eigenvalue weighted by molar-refractivity contribution is -0.385. The van der Waals surface area contributed by atoms with E-state index in [1.165, 1.54) is 6.07 Å². The molecule has 0 saturated carbocycles. The van der Waals surface area contributed by atoms with Crippen LogP contribution < -0.4 is 14.8 Å². The Labute approximate surface area is 160 Å². The first kappa shape index (κ1) is 19.2. The second-order valence-corrected chi connectivity index (χ2v) is 6.21. The summed E-state index contributed by atoms with van der Waals surface area (Å²) in [5, 5.41) is 13.9. The quantitative estimate of drug-likeness (QED) is 0.477. The number of anilines is 1. The van der Waals surface area contributed by atoms with Crippen molar-refractivity contribution in [3.8, 4) is 11.5 Å². The third-order valence-corrected chi connectivity index (χ3v) is 4.08. The summed E-state index contributed by atoms with van der Waals surface area (Å²) in [7, 11) is 0. The SMILES string of the molecule is Cc1ccc(C)c(NC(=O)COC(=O)c2cc3c(cc2[N+](=O)[O-])OCCO3)c1. The van der Waals surface area contributed by atoms with Gasteiger partial charge in [0.2, 0.25) is 0 Å². The molecule has 9 heteroatoms. The minimum atomic E-state index is -1.00. The van der Waals surface area contributed by atoms with Crippen molar-refractivity contribution in [2.45, 2.75) is 13.8 Å². The van der Waals surface area contributed by atoms with Crippen molar-refractivity contribution < 1.29 is 28.7 Å². The standard InChI is InChI=1S/C19H18N2O7/c1-11-3-4-12(2)14(7-11)20-18(22)10-28-19(23)13-8-16-17(27-6-5-26-16)9-15(13)21(24)25/h3-4,7-9H,5-6,10H2,1-2H3,(H,20,22). The van der Waals surface area contributed by atoms with Crippen LogP contribution in [0, 0.1) is 24.0 Å². The molecule has 0 spiro atoms. The van der Waals surface area contributed by atoms with E-state index < -0.39 is 29.1 Å². The number of benzene rings is 2. The number of nitrogens with zero attached hydrogens (tertiary/aromatic N) is 1. The highest BCUT2D eigenvalue weighted by molar-refractivity contribution is 5.98. The van der Waals surface area contributed by atoms with Gasteiger partial charge in [0.1, 0.15) is 18.8 Å². The maximum Gasteiger partial charge on any atom is 0.345 e. The summed E-state index contributed by atoms with van der Waals surface area (Å²) in [4.78, 5) is 35.0. The summed E-state index contributed by atoms with van der Waals surface area (Å²) in [6.07, 6.45) is 0. The molecular formula is C19H18N2O7. The van der Waals surface area contributed by atoms with Crippen LogP contribution in [0.1, 0.15) is 21.5 Å². The van der Waals surface area contributed by atoms with Crippen molar-refractivity contribution >= 4 is 23.3 Å². The predicted molar refractivity (Wildman–Crippen MR) is 98.9 cm³/mol. The van der Waals surface area contributed by atoms with E-state index in [0.29, 0.717) is 5.69 Å². The number of esters is 1. The molecule has 146 valence electrons. The van der Waals surface area contributed by atoms with Crippen LogP contribution in [0.3, 0.4) is 0 Å². The molecule has 1 amide bonds. The first-order chi connectivity index (χ1) is 13.3. The van der Waals surface area contributed by atoms with Crippen LogP contribution in [-0.4, -0.2) is 36.6 Å². The Morgan fingerprint density at radius 1 is 1.14 bits per heavy atom. The Bertz CT molecular complexity index is 956. The largest absolute Gasteiger partial charge is 0.486 e. The molecule has 1 aliphatic heterocycles. The van der Waals surface area contributed by atoms with Gasteiger partial charge < -0.3 is 19.5 Å². The average Bonchev–Trinajstić information content (AvgIpc) is 2.67. The highest BCUT2D eigenvalue weighted by Crippen LogP contribution is 2.36. The van der Waals surface area contributed by atoms with Gasteiger partial charge in [-0.1, -0.05) is 12.1 Å². The van der Waals surface area contributed by atoms with Crippen LogP contribution in [-0.2, 0) is 9.53 Å². The van der Waals surface area contributed by atoms with Gasteiger partial charge >= 0.3 is 5.97 Å². The summed E-state index contributed by atoms with van der Waals surface area (Å²) < 4.78 is 15.6. The number of ether oxygens (including phenoxy) is 3. The van der Waals surface area contributed by atoms with Crippen molar-refractivity contribution in [1.29, 1.82) is 0 Å². The molecule has 0 unspecified atom stereocenters. The zero-order chi connectivity index (χ0) is 20.3. The van der Waals surface area contributed by atoms with Gasteiger partial charge in [0, 0.05) is 11.8 Å². The molecule has 9 nitrogen and oxygen atoms in total. The summed E-state index contributed by atoms with van der Waals surface area (Å²) in [5.74, 6) is -1.16. The molecule has 0 aromatic heterocycles. The second kappa shape index (κ2) is 7.95. The number of aryl methyl sites for hydroxylation is 2. The summed E-state index contributed by atoms with van der Waals surface area (Å²) >= 11 is 0. The van der Waals surface area contributed by atoms with Gasteiger partial charge in [0.15, 0.2) is 18.1 Å². The lowest BCUT2D eigenvalue weighted by Gasteiger charge is -2.18. The first-order valence-corrected chi connectivity index (χ1v) is 8.47. The molecule has 2 aromatic carbocycles. The fraction of sp³-hybridized carbons (Fsp3) is 0.263. The van der Waals surface area contributed by atoms with E-state index in [2.05, 4.69) is 5.32 Å². The summed E-state index contributed by atoms with van der Waals surface area (Å²) in [6.45, 7) is 3.65. The van der Waals surface area contributed by atoms with Crippen molar-refractivity contribution in [3.63, 3.8) is 0 Å². The van der Waals surface area contributed by atoms with Gasteiger partial charge in [-0.2, -0.15) is 0 Å². The number of carbonyl (C=O) groups excluding carboxylic acids is 2. The Morgan fingerprint density at radius 3 is 2.50 bits per heavy atom. The minimum absolute atomic E-state index is 0.183. The zero-order valence-corrected chi connectivity index (χ0v) is 15.3. The molecule has 0 atom stereocenters. The third-order valence-electron chi connectivity index (χ3n) is 4.08. The van der Waals surface area contributed by atoms with Crippen LogP contribution in [0.15, 0.2) is 30.3 Å². The maximum absolute atomic E-state index is 12.3. The fourth-order valence-electron chi connectivity index (χ4n) is 2.66. The maximum atomic E-state index is 12.3. The lowest BCUT2D eigenvalue weighted by Crippen LogP contribution is -2.22. The van der Waals surface area contributed by atoms with E-state index in [-0.39, 0.29) is 30.3 Å². The van der Waals surface area contributed by atoms with Gasteiger partial charge in [-0.3, -0.25) is 14.9 Å². The van der Waals surface area contributed by atoms with Crippen molar-refractivity contribution in [2.24, 2.45) is 0 Å². The third kappa shape index (κ3) is 4.20. The predicted octanol–water partition coefficient (Wildman–Crippen LogP) is 2.78. The molecule has 1 heterocycles. The molecule has 0 bridgehead atoms. The molecule has 1 N–H and O–H groups in total. The molecule has 2 aromatic rings. The van der Waals surface area contributed by atoms with Gasteiger partial charge in [0.25, 0.3) is 11.6 Å². The number of nitrogens with one attached hydrogen (secondary N) is 1. The molecule has 1 aliphatic rings. The molecule has 0 aliphatic carbocycles. The molecule has 0 radical (unpaired) electrons. The highest BCUT2D eigenvalue weighted by atomic mass is 16.6. The van der Waals surface area contributed by atoms with Crippen LogP contribution in [0.4, 0.5) is 11.4 Å². The van der Waals surface area contributed by atoms with E-state index in [4.69, 9.17) is 14.2 Å². The normalized spacial score (nSPS) is 12.2. The number of hydrogen-bond donors (Lipinski definition) is 1. The molecule has 0 saturated heterocycles. The minimum Gasteiger partial charge on any atom is -0.486 e. The highest BCUT2D eigenvalue weighted by Gasteiger charge is 2.27. The Balaban J connectivity index is 1.71. The number of nitro benzene ring substituents is 1. The number of carbonyl (C=O) groups is 2. The molecule has 28 heavy (non-hydrogen) atoms. The number of amides is 1. The molecular weight excluding hydrogens is 368 g/mol. The summed E-state index contributed by atoms with van der Waals surface area (Å²) in [5.41, 5.74) is 1.63. The van der Waals surface area contributed by atoms with Crippen LogP contribution in [0.5, 0.6) is 11.5 Å². The number of rotatable bonds is 5. The van der Waals surface area contributed by atoms with Gasteiger partial charge in [0.05, 0.1) is 11.0 Å².